The molecule has 4 nitrogen and oxygen atoms in total. The predicted octanol–water partition coefficient (Wildman–Crippen LogP) is 3.90. The highest BCUT2D eigenvalue weighted by atomic mass is 19.4. The summed E-state index contributed by atoms with van der Waals surface area (Å²) in [7, 11) is 0. The number of hydrogen-bond acceptors (Lipinski definition) is 3. The Balaban J connectivity index is 1.89. The van der Waals surface area contributed by atoms with Crippen molar-refractivity contribution >= 4 is 23.6 Å². The molecular weight excluding hydrogens is 335 g/mol. The number of benzene rings is 2. The normalized spacial score (nSPS) is 11.3. The van der Waals surface area contributed by atoms with Gasteiger partial charge in [0.1, 0.15) is 0 Å². The van der Waals surface area contributed by atoms with Gasteiger partial charge in [0.25, 0.3) is 5.91 Å². The minimum atomic E-state index is -4.60. The van der Waals surface area contributed by atoms with Crippen LogP contribution in [0, 0.1) is 0 Å². The molecule has 0 unspecified atom stereocenters. The van der Waals surface area contributed by atoms with E-state index in [2.05, 4.69) is 5.32 Å². The van der Waals surface area contributed by atoms with Crippen molar-refractivity contribution in [2.75, 3.05) is 11.9 Å². The van der Waals surface area contributed by atoms with Gasteiger partial charge in [-0.05, 0) is 23.8 Å². The molecule has 0 aromatic heterocycles. The number of hydrogen-bond donors (Lipinski definition) is 1. The van der Waals surface area contributed by atoms with Gasteiger partial charge in [0.15, 0.2) is 6.61 Å². The third kappa shape index (κ3) is 5.80. The maximum absolute atomic E-state index is 12.8. The summed E-state index contributed by atoms with van der Waals surface area (Å²) in [6.07, 6.45) is -1.97. The van der Waals surface area contributed by atoms with Crippen molar-refractivity contribution in [3.05, 3.63) is 71.8 Å². The van der Waals surface area contributed by atoms with Gasteiger partial charge in [0.2, 0.25) is 0 Å². The van der Waals surface area contributed by atoms with E-state index >= 15 is 0 Å². The number of esters is 1. The van der Waals surface area contributed by atoms with Crippen molar-refractivity contribution in [2.45, 2.75) is 6.18 Å². The first kappa shape index (κ1) is 18.3. The Morgan fingerprint density at radius 3 is 2.32 bits per heavy atom. The summed E-state index contributed by atoms with van der Waals surface area (Å²) in [4.78, 5) is 23.2. The van der Waals surface area contributed by atoms with E-state index in [1.165, 1.54) is 18.2 Å². The van der Waals surface area contributed by atoms with E-state index in [0.29, 0.717) is 0 Å². The van der Waals surface area contributed by atoms with Gasteiger partial charge < -0.3 is 10.1 Å². The maximum Gasteiger partial charge on any atom is 0.418 e. The summed E-state index contributed by atoms with van der Waals surface area (Å²) < 4.78 is 43.2. The lowest BCUT2D eigenvalue weighted by molar-refractivity contribution is -0.142. The molecular formula is C18H14F3NO3. The van der Waals surface area contributed by atoms with Gasteiger partial charge in [0.05, 0.1) is 11.3 Å². The number of ether oxygens (including phenoxy) is 1. The zero-order chi connectivity index (χ0) is 18.3. The number of anilines is 1. The van der Waals surface area contributed by atoms with Crippen LogP contribution in [0.3, 0.4) is 0 Å². The lowest BCUT2D eigenvalue weighted by Gasteiger charge is -2.13. The number of carbonyl (C=O) groups excluding carboxylic acids is 2. The van der Waals surface area contributed by atoms with Gasteiger partial charge in [0, 0.05) is 6.08 Å². The monoisotopic (exact) mass is 349 g/mol. The van der Waals surface area contributed by atoms with Crippen LogP contribution in [-0.4, -0.2) is 18.5 Å². The fraction of sp³-hybridized carbons (Fsp3) is 0.111. The molecule has 0 saturated carbocycles. The zero-order valence-electron chi connectivity index (χ0n) is 12.9. The van der Waals surface area contributed by atoms with Crippen LogP contribution in [-0.2, 0) is 20.5 Å². The van der Waals surface area contributed by atoms with Crippen LogP contribution >= 0.6 is 0 Å². The molecule has 2 aromatic rings. The minimum Gasteiger partial charge on any atom is -0.452 e. The Morgan fingerprint density at radius 1 is 1.00 bits per heavy atom. The Bertz CT molecular complexity index is 771. The second kappa shape index (κ2) is 8.14. The van der Waals surface area contributed by atoms with Crippen molar-refractivity contribution in [1.82, 2.24) is 0 Å². The summed E-state index contributed by atoms with van der Waals surface area (Å²) in [5, 5.41) is 2.09. The fourth-order valence-corrected chi connectivity index (χ4v) is 1.94. The fourth-order valence-electron chi connectivity index (χ4n) is 1.94. The standard InChI is InChI=1S/C18H14F3NO3/c19-18(20,21)14-8-4-5-9-15(14)22-16(23)12-25-17(24)11-10-13-6-2-1-3-7-13/h1-11H,12H2,(H,22,23). The quantitative estimate of drug-likeness (QED) is 0.658. The second-order valence-electron chi connectivity index (χ2n) is 4.94. The van der Waals surface area contributed by atoms with Crippen LogP contribution in [0.2, 0.25) is 0 Å². The molecule has 0 fully saturated rings. The molecule has 0 saturated heterocycles. The van der Waals surface area contributed by atoms with Crippen LogP contribution in [0.4, 0.5) is 18.9 Å². The first-order valence-electron chi connectivity index (χ1n) is 7.22. The minimum absolute atomic E-state index is 0.393. The van der Waals surface area contributed by atoms with E-state index in [0.717, 1.165) is 23.8 Å². The molecule has 0 aliphatic carbocycles. The van der Waals surface area contributed by atoms with Gasteiger partial charge >= 0.3 is 12.1 Å². The Labute approximate surface area is 141 Å². The van der Waals surface area contributed by atoms with Crippen molar-refractivity contribution in [2.24, 2.45) is 0 Å². The van der Waals surface area contributed by atoms with E-state index in [1.54, 1.807) is 24.3 Å². The topological polar surface area (TPSA) is 55.4 Å². The second-order valence-corrected chi connectivity index (χ2v) is 4.94. The summed E-state index contributed by atoms with van der Waals surface area (Å²) >= 11 is 0. The lowest BCUT2D eigenvalue weighted by atomic mass is 10.1. The van der Waals surface area contributed by atoms with Crippen molar-refractivity contribution in [3.63, 3.8) is 0 Å². The van der Waals surface area contributed by atoms with Crippen LogP contribution in [0.15, 0.2) is 60.7 Å². The molecule has 7 heteroatoms. The van der Waals surface area contributed by atoms with Crippen molar-refractivity contribution in [3.8, 4) is 0 Å². The van der Waals surface area contributed by atoms with Gasteiger partial charge in [-0.15, -0.1) is 0 Å². The molecule has 0 spiro atoms. The molecule has 0 aliphatic rings. The molecule has 25 heavy (non-hydrogen) atoms. The Kier molecular flexibility index (Phi) is 5.94. The van der Waals surface area contributed by atoms with Crippen molar-refractivity contribution < 1.29 is 27.5 Å². The highest BCUT2D eigenvalue weighted by Gasteiger charge is 2.33. The van der Waals surface area contributed by atoms with Crippen LogP contribution in [0.5, 0.6) is 0 Å². The highest BCUT2D eigenvalue weighted by Crippen LogP contribution is 2.34. The molecule has 2 rings (SSSR count). The third-order valence-corrected chi connectivity index (χ3v) is 3.06. The summed E-state index contributed by atoms with van der Waals surface area (Å²) in [5.41, 5.74) is -0.600. The van der Waals surface area contributed by atoms with E-state index in [-0.39, 0.29) is 0 Å². The molecule has 0 aliphatic heterocycles. The Morgan fingerprint density at radius 2 is 1.64 bits per heavy atom. The number of para-hydroxylation sites is 1. The van der Waals surface area contributed by atoms with Crippen LogP contribution < -0.4 is 5.32 Å². The van der Waals surface area contributed by atoms with E-state index in [9.17, 15) is 22.8 Å². The first-order chi connectivity index (χ1) is 11.9. The third-order valence-electron chi connectivity index (χ3n) is 3.06. The molecule has 0 heterocycles. The SMILES string of the molecule is O=C(COC(=O)C=Cc1ccccc1)Nc1ccccc1C(F)(F)F. The summed E-state index contributed by atoms with van der Waals surface area (Å²) in [5.74, 6) is -1.64. The number of alkyl halides is 3. The highest BCUT2D eigenvalue weighted by molar-refractivity contribution is 5.95. The molecule has 1 amide bonds. The largest absolute Gasteiger partial charge is 0.452 e. The van der Waals surface area contributed by atoms with Crippen LogP contribution in [0.1, 0.15) is 11.1 Å². The number of amides is 1. The Hall–Kier alpha value is -3.09. The maximum atomic E-state index is 12.8. The smallest absolute Gasteiger partial charge is 0.418 e. The van der Waals surface area contributed by atoms with E-state index < -0.39 is 35.9 Å². The van der Waals surface area contributed by atoms with E-state index in [4.69, 9.17) is 4.74 Å². The number of rotatable bonds is 5. The predicted molar refractivity (Wildman–Crippen MR) is 86.5 cm³/mol. The summed E-state index contributed by atoms with van der Waals surface area (Å²) in [6.45, 7) is -0.690. The number of carbonyl (C=O) groups is 2. The average Bonchev–Trinajstić information content (AvgIpc) is 2.58. The number of nitrogens with one attached hydrogen (secondary N) is 1. The molecule has 0 radical (unpaired) electrons. The zero-order valence-corrected chi connectivity index (χ0v) is 12.9. The van der Waals surface area contributed by atoms with Gasteiger partial charge in [-0.1, -0.05) is 42.5 Å². The molecule has 1 N–H and O–H groups in total. The van der Waals surface area contributed by atoms with E-state index in [1.807, 2.05) is 6.07 Å². The van der Waals surface area contributed by atoms with Gasteiger partial charge in [-0.2, -0.15) is 13.2 Å². The van der Waals surface area contributed by atoms with Crippen molar-refractivity contribution in [1.29, 1.82) is 0 Å². The van der Waals surface area contributed by atoms with Gasteiger partial charge in [-0.25, -0.2) is 4.79 Å². The van der Waals surface area contributed by atoms with Crippen LogP contribution in [0.25, 0.3) is 6.08 Å². The molecule has 2 aromatic carbocycles. The molecule has 130 valence electrons. The number of halogens is 3. The van der Waals surface area contributed by atoms with Gasteiger partial charge in [-0.3, -0.25) is 4.79 Å². The lowest BCUT2D eigenvalue weighted by Crippen LogP contribution is -2.22. The summed E-state index contributed by atoms with van der Waals surface area (Å²) in [6, 6.07) is 13.5. The molecule has 0 bridgehead atoms. The average molecular weight is 349 g/mol. The molecule has 0 atom stereocenters. The first-order valence-corrected chi connectivity index (χ1v) is 7.22.